The number of ether oxygens (including phenoxy) is 3. The smallest absolute Gasteiger partial charge is 0.425 e. The van der Waals surface area contributed by atoms with Crippen LogP contribution in [0.4, 0.5) is 15.3 Å². The highest BCUT2D eigenvalue weighted by Crippen LogP contribution is 2.50. The maximum Gasteiger partial charge on any atom is 0.425 e. The quantitative estimate of drug-likeness (QED) is 0.354. The minimum atomic E-state index is -4.21. The summed E-state index contributed by atoms with van der Waals surface area (Å²) in [7, 11) is -4.21. The number of nitro groups is 1. The summed E-state index contributed by atoms with van der Waals surface area (Å²) in [4.78, 5) is 43.1. The molecule has 38 heavy (non-hydrogen) atoms. The van der Waals surface area contributed by atoms with Crippen molar-refractivity contribution in [3.63, 3.8) is 0 Å². The van der Waals surface area contributed by atoms with Crippen molar-refractivity contribution in [1.82, 2.24) is 4.90 Å². The third-order valence-electron chi connectivity index (χ3n) is 6.31. The van der Waals surface area contributed by atoms with Crippen LogP contribution in [-0.2, 0) is 24.8 Å². The van der Waals surface area contributed by atoms with Crippen LogP contribution in [0.3, 0.4) is 0 Å². The van der Waals surface area contributed by atoms with Gasteiger partial charge in [0.25, 0.3) is 5.69 Å². The van der Waals surface area contributed by atoms with Crippen LogP contribution in [0.1, 0.15) is 74.3 Å². The van der Waals surface area contributed by atoms with Crippen LogP contribution >= 0.6 is 0 Å². The number of rotatable bonds is 1. The zero-order valence-corrected chi connectivity index (χ0v) is 24.0. The Morgan fingerprint density at radius 3 is 2.08 bits per heavy atom. The average Bonchev–Trinajstić information content (AvgIpc) is 2.86. The summed E-state index contributed by atoms with van der Waals surface area (Å²) >= 11 is 0. The van der Waals surface area contributed by atoms with Gasteiger partial charge in [0, 0.05) is 24.1 Å². The largest absolute Gasteiger partial charge is 0.493 e. The lowest BCUT2D eigenvalue weighted by molar-refractivity contribution is -0.385. The first-order valence-electron chi connectivity index (χ1n) is 12.1. The third-order valence-corrected chi connectivity index (χ3v) is 9.36. The second kappa shape index (κ2) is 9.21. The van der Waals surface area contributed by atoms with Gasteiger partial charge >= 0.3 is 12.2 Å². The molecule has 0 bridgehead atoms. The van der Waals surface area contributed by atoms with E-state index >= 15 is 0 Å². The SMILES string of the molecule is CC(C)(C)OC(=O)N(C(=O)OC(C)(C)C)C1=N[C@]2(C)c3cc([N+](=O)[O-])ccc3OCC[C@H]2S(=O)(=O)C1(C)C. The maximum absolute atomic E-state index is 14.2. The Bertz CT molecular complexity index is 1280. The van der Waals surface area contributed by atoms with Gasteiger partial charge < -0.3 is 14.2 Å². The highest BCUT2D eigenvalue weighted by Gasteiger charge is 2.61. The predicted molar refractivity (Wildman–Crippen MR) is 139 cm³/mol. The van der Waals surface area contributed by atoms with Gasteiger partial charge in [0.2, 0.25) is 0 Å². The fourth-order valence-electron chi connectivity index (χ4n) is 4.49. The molecule has 1 aromatic carbocycles. The number of aliphatic imine (C=N–C) groups is 1. The summed E-state index contributed by atoms with van der Waals surface area (Å²) in [5.41, 5.74) is -3.86. The Kier molecular flexibility index (Phi) is 7.11. The summed E-state index contributed by atoms with van der Waals surface area (Å²) in [6, 6.07) is 3.86. The average molecular weight is 554 g/mol. The van der Waals surface area contributed by atoms with Gasteiger partial charge in [-0.1, -0.05) is 0 Å². The molecule has 0 saturated carbocycles. The Morgan fingerprint density at radius 2 is 1.61 bits per heavy atom. The van der Waals surface area contributed by atoms with Crippen LogP contribution in [0.5, 0.6) is 5.75 Å². The molecule has 0 saturated heterocycles. The molecule has 0 N–H and O–H groups in total. The number of carbonyl (C=O) groups excluding carboxylic acids is 2. The Balaban J connectivity index is 2.37. The van der Waals surface area contributed by atoms with E-state index in [4.69, 9.17) is 19.2 Å². The summed E-state index contributed by atoms with van der Waals surface area (Å²) in [5.74, 6) is -0.196. The lowest BCUT2D eigenvalue weighted by Crippen LogP contribution is -2.64. The Hall–Kier alpha value is -3.22. The van der Waals surface area contributed by atoms with Crippen LogP contribution in [0.25, 0.3) is 0 Å². The van der Waals surface area contributed by atoms with E-state index < -0.39 is 59.5 Å². The summed E-state index contributed by atoms with van der Waals surface area (Å²) in [6.07, 6.45) is -2.31. The van der Waals surface area contributed by atoms with E-state index in [-0.39, 0.29) is 30.0 Å². The molecule has 0 aromatic heterocycles. The molecule has 1 aromatic rings. The first-order chi connectivity index (χ1) is 17.1. The van der Waals surface area contributed by atoms with Crippen molar-refractivity contribution in [2.45, 2.75) is 95.5 Å². The normalized spacial score (nSPS) is 23.9. The minimum absolute atomic E-state index is 0.0209. The van der Waals surface area contributed by atoms with E-state index in [2.05, 4.69) is 0 Å². The van der Waals surface area contributed by atoms with Crippen molar-refractivity contribution in [3.05, 3.63) is 33.9 Å². The first kappa shape index (κ1) is 29.3. The van der Waals surface area contributed by atoms with E-state index in [1.165, 1.54) is 39.0 Å². The summed E-state index contributed by atoms with van der Waals surface area (Å²) in [6.45, 7) is 13.8. The van der Waals surface area contributed by atoms with Crippen LogP contribution in [0.2, 0.25) is 0 Å². The van der Waals surface area contributed by atoms with Crippen molar-refractivity contribution in [1.29, 1.82) is 0 Å². The van der Waals surface area contributed by atoms with Crippen LogP contribution in [0.15, 0.2) is 23.2 Å². The highest BCUT2D eigenvalue weighted by atomic mass is 32.2. The topological polar surface area (TPSA) is 155 Å². The molecule has 0 radical (unpaired) electrons. The molecule has 3 rings (SSSR count). The van der Waals surface area contributed by atoms with Gasteiger partial charge in [-0.15, -0.1) is 0 Å². The van der Waals surface area contributed by atoms with Gasteiger partial charge in [-0.2, -0.15) is 4.90 Å². The predicted octanol–water partition coefficient (Wildman–Crippen LogP) is 4.74. The van der Waals surface area contributed by atoms with Crippen molar-refractivity contribution in [3.8, 4) is 5.75 Å². The molecule has 0 aliphatic carbocycles. The number of amides is 2. The number of non-ortho nitro benzene ring substituents is 1. The Labute approximate surface area is 222 Å². The first-order valence-corrected chi connectivity index (χ1v) is 13.7. The molecule has 12 nitrogen and oxygen atoms in total. The van der Waals surface area contributed by atoms with E-state index in [1.54, 1.807) is 41.5 Å². The number of amidine groups is 1. The van der Waals surface area contributed by atoms with Gasteiger partial charge in [0.1, 0.15) is 33.1 Å². The molecule has 210 valence electrons. The number of sulfone groups is 1. The zero-order chi connectivity index (χ0) is 29.1. The van der Waals surface area contributed by atoms with Gasteiger partial charge in [-0.25, -0.2) is 18.0 Å². The fraction of sp³-hybridized carbons (Fsp3) is 0.640. The van der Waals surface area contributed by atoms with Crippen LogP contribution in [0, 0.1) is 10.1 Å². The van der Waals surface area contributed by atoms with Crippen molar-refractivity contribution >= 4 is 33.5 Å². The van der Waals surface area contributed by atoms with Gasteiger partial charge in [-0.05, 0) is 68.4 Å². The number of nitrogens with zero attached hydrogens (tertiary/aromatic N) is 3. The van der Waals surface area contributed by atoms with E-state index in [0.717, 1.165) is 0 Å². The number of benzene rings is 1. The molecule has 0 unspecified atom stereocenters. The zero-order valence-electron chi connectivity index (χ0n) is 23.1. The summed E-state index contributed by atoms with van der Waals surface area (Å²) in [5, 5.41) is 10.4. The molecular formula is C25H35N3O9S. The van der Waals surface area contributed by atoms with Crippen molar-refractivity contribution in [2.24, 2.45) is 4.99 Å². The lowest BCUT2D eigenvalue weighted by Gasteiger charge is -2.45. The van der Waals surface area contributed by atoms with Crippen LogP contribution in [-0.4, -0.2) is 64.1 Å². The molecule has 13 heteroatoms. The van der Waals surface area contributed by atoms with Gasteiger partial charge in [0.05, 0.1) is 16.8 Å². The second-order valence-electron chi connectivity index (χ2n) is 12.0. The van der Waals surface area contributed by atoms with E-state index in [0.29, 0.717) is 4.90 Å². The molecule has 2 amide bonds. The lowest BCUT2D eigenvalue weighted by atomic mass is 9.86. The number of fused-ring (bicyclic) bond motifs is 3. The summed E-state index contributed by atoms with van der Waals surface area (Å²) < 4.78 is 43.2. The van der Waals surface area contributed by atoms with Crippen LogP contribution < -0.4 is 4.74 Å². The molecule has 2 aliphatic rings. The van der Waals surface area contributed by atoms with Crippen molar-refractivity contribution < 1.29 is 37.1 Å². The number of hydrogen-bond acceptors (Lipinski definition) is 10. The van der Waals surface area contributed by atoms with Crippen molar-refractivity contribution in [2.75, 3.05) is 6.61 Å². The standard InChI is InChI=1S/C25H35N3O9S/c1-22(2,3)36-20(29)27(21(30)37-23(4,5)6)19-24(7,8)38(33,34)18-12-13-35-17-11-10-15(28(31)32)14-16(17)25(18,9)26-19/h10-11,14,18H,12-13H2,1-9H3/t18-,25-/m1/s1. The fourth-order valence-corrected chi connectivity index (χ4v) is 6.79. The molecule has 0 fully saturated rings. The van der Waals surface area contributed by atoms with E-state index in [9.17, 15) is 28.1 Å². The molecule has 2 heterocycles. The monoisotopic (exact) mass is 553 g/mol. The molecule has 0 spiro atoms. The van der Waals surface area contributed by atoms with Gasteiger partial charge in [0.15, 0.2) is 9.84 Å². The number of imide groups is 1. The number of nitro benzene ring substituents is 1. The van der Waals surface area contributed by atoms with E-state index in [1.807, 2.05) is 0 Å². The second-order valence-corrected chi connectivity index (χ2v) is 14.7. The highest BCUT2D eigenvalue weighted by molar-refractivity contribution is 7.94. The Morgan fingerprint density at radius 1 is 1.08 bits per heavy atom. The number of carbonyl (C=O) groups is 2. The third kappa shape index (κ3) is 5.20. The van der Waals surface area contributed by atoms with Gasteiger partial charge in [-0.3, -0.25) is 15.1 Å². The molecule has 2 atom stereocenters. The number of hydrogen-bond donors (Lipinski definition) is 0. The molecular weight excluding hydrogens is 518 g/mol. The minimum Gasteiger partial charge on any atom is -0.493 e. The molecule has 2 aliphatic heterocycles. The maximum atomic E-state index is 14.2.